The van der Waals surface area contributed by atoms with E-state index >= 15 is 0 Å². The van der Waals surface area contributed by atoms with Gasteiger partial charge in [0.2, 0.25) is 0 Å². The number of amides is 2. The van der Waals surface area contributed by atoms with Gasteiger partial charge in [0.15, 0.2) is 23.7 Å². The molecule has 56 heavy (non-hydrogen) atoms. The molecular formula is C46H62N6O4. The number of nitrogens with one attached hydrogen (secondary N) is 3. The standard InChI is InChI=1S/C46H62N6O4/c1-10-12-14-16-18-39(55-37-22-20-30(3)24-32(37)5)44(53)47-35-26-34(43-49-42-29-41(46(7,8)9)50-52(42)51-43)27-36(28-35)48-45(54)40(19-17-15-13-11-2)56-38-23-21-31(4)25-33(38)6/h20-29,39-40,50H,10-19H2,1-9H3,(H,47,53)(H,48,54). The van der Waals surface area contributed by atoms with E-state index in [1.165, 1.54) is 0 Å². The third-order valence-electron chi connectivity index (χ3n) is 10.1. The van der Waals surface area contributed by atoms with Crippen molar-refractivity contribution in [3.63, 3.8) is 0 Å². The number of nitrogens with zero attached hydrogens (tertiary/aromatic N) is 3. The molecule has 2 aromatic heterocycles. The first kappa shape index (κ1) is 42.0. The second-order valence-corrected chi connectivity index (χ2v) is 16.4. The predicted octanol–water partition coefficient (Wildman–Crippen LogP) is 11.0. The lowest BCUT2D eigenvalue weighted by Gasteiger charge is -2.22. The summed E-state index contributed by atoms with van der Waals surface area (Å²) in [4.78, 5) is 33.1. The normalized spacial score (nSPS) is 12.7. The molecule has 2 unspecified atom stereocenters. The van der Waals surface area contributed by atoms with Crippen molar-refractivity contribution in [3.05, 3.63) is 88.6 Å². The van der Waals surface area contributed by atoms with E-state index in [1.54, 1.807) is 10.7 Å². The van der Waals surface area contributed by atoms with Crippen LogP contribution in [0.2, 0.25) is 0 Å². The number of rotatable bonds is 19. The Bertz CT molecular complexity index is 1960. The largest absolute Gasteiger partial charge is 0.480 e. The second-order valence-electron chi connectivity index (χ2n) is 16.4. The number of ether oxygens (including phenoxy) is 2. The SMILES string of the molecule is CCCCCCC(Oc1ccc(C)cc1C)C(=O)Nc1cc(NC(=O)C(CCCCCC)Oc2ccc(C)cc2C)cc(-c2nc3cc(C(C)(C)C)[nH]n3n2)c1. The molecule has 10 nitrogen and oxygen atoms in total. The Morgan fingerprint density at radius 3 is 1.62 bits per heavy atom. The summed E-state index contributed by atoms with van der Waals surface area (Å²) in [5.41, 5.74) is 7.42. The molecule has 0 bridgehead atoms. The Balaban J connectivity index is 1.47. The van der Waals surface area contributed by atoms with Gasteiger partial charge in [0.05, 0.1) is 0 Å². The highest BCUT2D eigenvalue weighted by Gasteiger charge is 2.25. The van der Waals surface area contributed by atoms with Crippen LogP contribution in [0.1, 0.15) is 127 Å². The summed E-state index contributed by atoms with van der Waals surface area (Å²) in [6.07, 6.45) is 7.85. The van der Waals surface area contributed by atoms with E-state index in [2.05, 4.69) is 62.5 Å². The molecule has 5 aromatic rings. The third kappa shape index (κ3) is 11.5. The molecule has 0 saturated heterocycles. The van der Waals surface area contributed by atoms with Crippen molar-refractivity contribution < 1.29 is 19.1 Å². The maximum Gasteiger partial charge on any atom is 0.265 e. The fraction of sp³-hybridized carbons (Fsp3) is 0.478. The van der Waals surface area contributed by atoms with Crippen molar-refractivity contribution in [3.8, 4) is 22.9 Å². The molecule has 3 aromatic carbocycles. The predicted molar refractivity (Wildman–Crippen MR) is 227 cm³/mol. The number of hydrogen-bond acceptors (Lipinski definition) is 6. The van der Waals surface area contributed by atoms with E-state index in [0.717, 1.165) is 79.3 Å². The molecule has 2 amide bonds. The molecule has 5 rings (SSSR count). The summed E-state index contributed by atoms with van der Waals surface area (Å²) in [7, 11) is 0. The van der Waals surface area contributed by atoms with E-state index in [9.17, 15) is 9.59 Å². The lowest BCUT2D eigenvalue weighted by atomic mass is 9.93. The number of aromatic amines is 1. The maximum atomic E-state index is 14.1. The summed E-state index contributed by atoms with van der Waals surface area (Å²) >= 11 is 0. The highest BCUT2D eigenvalue weighted by molar-refractivity contribution is 5.98. The van der Waals surface area contributed by atoms with Gasteiger partial charge >= 0.3 is 0 Å². The van der Waals surface area contributed by atoms with Crippen LogP contribution in [0.25, 0.3) is 17.0 Å². The van der Waals surface area contributed by atoms with Crippen LogP contribution < -0.4 is 20.1 Å². The zero-order valence-electron chi connectivity index (χ0n) is 35.0. The summed E-state index contributed by atoms with van der Waals surface area (Å²) in [5, 5.41) is 14.4. The van der Waals surface area contributed by atoms with Crippen LogP contribution in [0.3, 0.4) is 0 Å². The molecule has 2 heterocycles. The van der Waals surface area contributed by atoms with Gasteiger partial charge in [0.25, 0.3) is 11.8 Å². The fourth-order valence-corrected chi connectivity index (χ4v) is 6.80. The number of unbranched alkanes of at least 4 members (excludes halogenated alkanes) is 6. The molecule has 2 atom stereocenters. The topological polar surface area (TPSA) is 123 Å². The zero-order chi connectivity index (χ0) is 40.4. The lowest BCUT2D eigenvalue weighted by Crippen LogP contribution is -2.34. The van der Waals surface area contributed by atoms with Gasteiger partial charge in [-0.15, -0.1) is 5.10 Å². The number of carbonyl (C=O) groups is 2. The quantitative estimate of drug-likeness (QED) is 0.0720. The molecule has 0 radical (unpaired) electrons. The molecule has 0 aliphatic carbocycles. The van der Waals surface area contributed by atoms with E-state index in [1.807, 2.05) is 70.2 Å². The Labute approximate surface area is 333 Å². The average molecular weight is 763 g/mol. The van der Waals surface area contributed by atoms with Crippen molar-refractivity contribution in [1.29, 1.82) is 0 Å². The molecule has 3 N–H and O–H groups in total. The molecule has 0 spiro atoms. The molecule has 10 heteroatoms. The lowest BCUT2D eigenvalue weighted by molar-refractivity contribution is -0.123. The minimum atomic E-state index is -0.715. The van der Waals surface area contributed by atoms with E-state index < -0.39 is 12.2 Å². The Morgan fingerprint density at radius 2 is 1.20 bits per heavy atom. The monoisotopic (exact) mass is 762 g/mol. The number of aromatic nitrogens is 4. The van der Waals surface area contributed by atoms with Gasteiger partial charge in [-0.05, 0) is 94.8 Å². The number of hydrogen-bond donors (Lipinski definition) is 3. The fourth-order valence-electron chi connectivity index (χ4n) is 6.80. The van der Waals surface area contributed by atoms with Crippen molar-refractivity contribution >= 4 is 28.8 Å². The van der Waals surface area contributed by atoms with Gasteiger partial charge in [-0.1, -0.05) is 109 Å². The van der Waals surface area contributed by atoms with Crippen molar-refractivity contribution in [2.45, 2.75) is 144 Å². The summed E-state index contributed by atoms with van der Waals surface area (Å²) < 4.78 is 14.5. The maximum absolute atomic E-state index is 14.1. The van der Waals surface area contributed by atoms with Crippen molar-refractivity contribution in [2.75, 3.05) is 10.6 Å². The first-order valence-corrected chi connectivity index (χ1v) is 20.4. The van der Waals surface area contributed by atoms with Crippen LogP contribution in [0, 0.1) is 27.7 Å². The molecule has 0 aliphatic heterocycles. The van der Waals surface area contributed by atoms with E-state index in [4.69, 9.17) is 19.6 Å². The van der Waals surface area contributed by atoms with Gasteiger partial charge in [-0.25, -0.2) is 4.98 Å². The van der Waals surface area contributed by atoms with Crippen LogP contribution >= 0.6 is 0 Å². The second kappa shape index (κ2) is 19.2. The number of fused-ring (bicyclic) bond motifs is 1. The van der Waals surface area contributed by atoms with E-state index in [0.29, 0.717) is 52.8 Å². The number of H-pyrrole nitrogens is 1. The number of anilines is 2. The first-order valence-electron chi connectivity index (χ1n) is 20.4. The smallest absolute Gasteiger partial charge is 0.265 e. The zero-order valence-corrected chi connectivity index (χ0v) is 35.0. The van der Waals surface area contributed by atoms with Crippen molar-refractivity contribution in [1.82, 2.24) is 19.8 Å². The minimum absolute atomic E-state index is 0.108. The van der Waals surface area contributed by atoms with Crippen LogP contribution in [0.5, 0.6) is 11.5 Å². The highest BCUT2D eigenvalue weighted by Crippen LogP contribution is 2.30. The highest BCUT2D eigenvalue weighted by atomic mass is 16.5. The summed E-state index contributed by atoms with van der Waals surface area (Å²) in [6, 6.07) is 19.4. The number of carbonyl (C=O) groups excluding carboxylic acids is 2. The molecule has 0 saturated carbocycles. The van der Waals surface area contributed by atoms with Crippen LogP contribution in [-0.4, -0.2) is 43.8 Å². The van der Waals surface area contributed by atoms with Crippen LogP contribution in [0.15, 0.2) is 60.7 Å². The van der Waals surface area contributed by atoms with Crippen LogP contribution in [0.4, 0.5) is 11.4 Å². The van der Waals surface area contributed by atoms with Gasteiger partial charge < -0.3 is 20.1 Å². The first-order chi connectivity index (χ1) is 26.7. The average Bonchev–Trinajstić information content (AvgIpc) is 3.73. The van der Waals surface area contributed by atoms with Gasteiger partial charge in [-0.2, -0.15) is 4.63 Å². The summed E-state index contributed by atoms with van der Waals surface area (Å²) in [5.74, 6) is 1.31. The minimum Gasteiger partial charge on any atom is -0.480 e. The Morgan fingerprint density at radius 1 is 0.696 bits per heavy atom. The van der Waals surface area contributed by atoms with E-state index in [-0.39, 0.29) is 17.2 Å². The van der Waals surface area contributed by atoms with Gasteiger partial charge in [-0.3, -0.25) is 14.7 Å². The molecule has 300 valence electrons. The Hall–Kier alpha value is -5.12. The molecule has 0 fully saturated rings. The summed E-state index contributed by atoms with van der Waals surface area (Å²) in [6.45, 7) is 18.8. The van der Waals surface area contributed by atoms with Gasteiger partial charge in [0, 0.05) is 34.1 Å². The van der Waals surface area contributed by atoms with Crippen molar-refractivity contribution in [2.24, 2.45) is 0 Å². The number of aryl methyl sites for hydroxylation is 4. The number of benzene rings is 3. The molecular weight excluding hydrogens is 701 g/mol. The molecule has 0 aliphatic rings. The van der Waals surface area contributed by atoms with Crippen LogP contribution in [-0.2, 0) is 15.0 Å². The third-order valence-corrected chi connectivity index (χ3v) is 10.1. The van der Waals surface area contributed by atoms with Gasteiger partial charge in [0.1, 0.15) is 11.5 Å². The Kier molecular flexibility index (Phi) is 14.4.